The van der Waals surface area contributed by atoms with Gasteiger partial charge in [-0.1, -0.05) is 12.1 Å². The van der Waals surface area contributed by atoms with Crippen LogP contribution in [0.3, 0.4) is 0 Å². The molecule has 2 rings (SSSR count). The van der Waals surface area contributed by atoms with E-state index in [1.54, 1.807) is 31.2 Å². The summed E-state index contributed by atoms with van der Waals surface area (Å²) in [7, 11) is 4.24. The largest absolute Gasteiger partial charge is 0.493 e. The van der Waals surface area contributed by atoms with Crippen LogP contribution in [0.1, 0.15) is 12.5 Å². The molecule has 0 saturated heterocycles. The summed E-state index contributed by atoms with van der Waals surface area (Å²) in [5, 5.41) is 0. The van der Waals surface area contributed by atoms with Crippen molar-refractivity contribution in [2.75, 3.05) is 27.9 Å². The lowest BCUT2D eigenvalue weighted by Crippen LogP contribution is -2.34. The average molecular weight is 407 g/mol. The monoisotopic (exact) mass is 407 g/mol. The van der Waals surface area contributed by atoms with Gasteiger partial charge in [0, 0.05) is 5.56 Å². The van der Waals surface area contributed by atoms with Crippen LogP contribution in [0.5, 0.6) is 11.5 Å². The van der Waals surface area contributed by atoms with E-state index in [1.165, 1.54) is 32.0 Å². The summed E-state index contributed by atoms with van der Waals surface area (Å²) in [5.41, 5.74) is 0.184. The Morgan fingerprint density at radius 1 is 1.18 bits per heavy atom. The highest BCUT2D eigenvalue weighted by Gasteiger charge is 2.13. The molecule has 0 N–H and O–H groups in total. The van der Waals surface area contributed by atoms with Crippen LogP contribution in [0.4, 0.5) is 0 Å². The number of nitrogens with zero attached hydrogens (tertiary/aromatic N) is 1. The van der Waals surface area contributed by atoms with Gasteiger partial charge < -0.3 is 18.9 Å². The van der Waals surface area contributed by atoms with Crippen molar-refractivity contribution in [3.63, 3.8) is 0 Å². The Kier molecular flexibility index (Phi) is 7.39. The third-order valence-electron chi connectivity index (χ3n) is 3.70. The van der Waals surface area contributed by atoms with Gasteiger partial charge in [-0.2, -0.15) is 0 Å². The van der Waals surface area contributed by atoms with Gasteiger partial charge in [0.25, 0.3) is 5.56 Å². The Labute approximate surface area is 165 Å². The fraction of sp³-hybridized carbons (Fsp3) is 0.316. The normalized spacial score (nSPS) is 12.0. The van der Waals surface area contributed by atoms with E-state index < -0.39 is 17.5 Å². The molecule has 0 unspecified atom stereocenters. The second-order valence-electron chi connectivity index (χ2n) is 5.40. The van der Waals surface area contributed by atoms with Crippen molar-refractivity contribution in [1.82, 2.24) is 4.57 Å². The maximum absolute atomic E-state index is 12.8. The van der Waals surface area contributed by atoms with Crippen LogP contribution >= 0.6 is 11.3 Å². The number of hydrogen-bond acceptors (Lipinski definition) is 8. The summed E-state index contributed by atoms with van der Waals surface area (Å²) in [6, 6.07) is 5.26. The molecular formula is C19H21NO7S. The summed E-state index contributed by atoms with van der Waals surface area (Å²) in [6.07, 6.45) is 2.79. The van der Waals surface area contributed by atoms with E-state index in [0.29, 0.717) is 21.6 Å². The van der Waals surface area contributed by atoms with Gasteiger partial charge in [-0.25, -0.2) is 4.79 Å². The first-order valence-corrected chi connectivity index (χ1v) is 9.14. The van der Waals surface area contributed by atoms with Crippen molar-refractivity contribution >= 4 is 35.4 Å². The molecule has 0 aliphatic heterocycles. The second-order valence-corrected chi connectivity index (χ2v) is 6.46. The number of carbonyl (C=O) groups is 2. The number of aromatic nitrogens is 1. The van der Waals surface area contributed by atoms with Crippen molar-refractivity contribution in [1.29, 1.82) is 0 Å². The zero-order chi connectivity index (χ0) is 20.7. The van der Waals surface area contributed by atoms with E-state index in [2.05, 4.69) is 4.74 Å². The Hall–Kier alpha value is -3.07. The van der Waals surface area contributed by atoms with Crippen LogP contribution in [-0.2, 0) is 25.6 Å². The zero-order valence-electron chi connectivity index (χ0n) is 16.0. The molecule has 150 valence electrons. The van der Waals surface area contributed by atoms with Gasteiger partial charge in [0.1, 0.15) is 11.2 Å². The number of para-hydroxylation sites is 1. The number of hydrogen-bond donors (Lipinski definition) is 0. The molecule has 0 radical (unpaired) electrons. The standard InChI is InChI=1S/C19H21NO7S/c1-5-27-16(21)10-15-20(11-17(22)25-3)19(23)14(28-15)9-12-7-6-8-13(24-2)18(12)26-4/h6-10H,5,11H2,1-4H3/b14-9-,15-10-. The number of methoxy groups -OCH3 is 3. The fourth-order valence-corrected chi connectivity index (χ4v) is 3.46. The molecule has 0 atom stereocenters. The topological polar surface area (TPSA) is 93.1 Å². The smallest absolute Gasteiger partial charge is 0.333 e. The van der Waals surface area contributed by atoms with E-state index in [4.69, 9.17) is 14.2 Å². The van der Waals surface area contributed by atoms with Gasteiger partial charge in [-0.15, -0.1) is 11.3 Å². The lowest BCUT2D eigenvalue weighted by atomic mass is 10.2. The van der Waals surface area contributed by atoms with Gasteiger partial charge in [0.15, 0.2) is 11.5 Å². The maximum Gasteiger partial charge on any atom is 0.333 e. The van der Waals surface area contributed by atoms with Gasteiger partial charge >= 0.3 is 11.9 Å². The number of rotatable bonds is 7. The molecule has 2 aromatic rings. The first kappa shape index (κ1) is 21.2. The predicted octanol–water partition coefficient (Wildman–Crippen LogP) is 0.272. The third kappa shape index (κ3) is 4.80. The lowest BCUT2D eigenvalue weighted by Gasteiger charge is -2.09. The quantitative estimate of drug-likeness (QED) is 0.609. The Balaban J connectivity index is 2.70. The first-order chi connectivity index (χ1) is 13.4. The highest BCUT2D eigenvalue weighted by Crippen LogP contribution is 2.30. The number of carbonyl (C=O) groups excluding carboxylic acids is 2. The molecule has 0 aliphatic carbocycles. The number of ether oxygens (including phenoxy) is 4. The molecule has 0 saturated carbocycles. The summed E-state index contributed by atoms with van der Waals surface area (Å²) in [6.45, 7) is 1.55. The highest BCUT2D eigenvalue weighted by molar-refractivity contribution is 7.07. The van der Waals surface area contributed by atoms with Crippen molar-refractivity contribution in [2.45, 2.75) is 13.5 Å². The Morgan fingerprint density at radius 2 is 1.93 bits per heavy atom. The van der Waals surface area contributed by atoms with Crippen molar-refractivity contribution in [2.24, 2.45) is 0 Å². The average Bonchev–Trinajstić information content (AvgIpc) is 2.96. The number of esters is 2. The van der Waals surface area contributed by atoms with E-state index in [0.717, 1.165) is 11.3 Å². The molecule has 0 aliphatic rings. The first-order valence-electron chi connectivity index (χ1n) is 8.32. The summed E-state index contributed by atoms with van der Waals surface area (Å²) in [5.74, 6) is -0.231. The van der Waals surface area contributed by atoms with Crippen LogP contribution in [0.2, 0.25) is 0 Å². The minimum atomic E-state index is -0.607. The molecule has 0 bridgehead atoms. The minimum absolute atomic E-state index is 0.196. The minimum Gasteiger partial charge on any atom is -0.493 e. The summed E-state index contributed by atoms with van der Waals surface area (Å²) >= 11 is 1.05. The summed E-state index contributed by atoms with van der Waals surface area (Å²) < 4.78 is 21.9. The fourth-order valence-electron chi connectivity index (χ4n) is 2.44. The van der Waals surface area contributed by atoms with Crippen LogP contribution in [0.25, 0.3) is 12.2 Å². The molecule has 0 fully saturated rings. The zero-order valence-corrected chi connectivity index (χ0v) is 16.8. The molecular weight excluding hydrogens is 386 g/mol. The highest BCUT2D eigenvalue weighted by atomic mass is 32.1. The Bertz CT molecular complexity index is 1040. The van der Waals surface area contributed by atoms with Crippen molar-refractivity contribution in [3.8, 4) is 11.5 Å². The van der Waals surface area contributed by atoms with Crippen LogP contribution in [-0.4, -0.2) is 44.4 Å². The van der Waals surface area contributed by atoms with Gasteiger partial charge in [-0.05, 0) is 19.1 Å². The molecule has 1 aromatic carbocycles. The lowest BCUT2D eigenvalue weighted by molar-refractivity contribution is -0.141. The second kappa shape index (κ2) is 9.75. The molecule has 28 heavy (non-hydrogen) atoms. The number of thiazole rings is 1. The molecule has 1 heterocycles. The van der Waals surface area contributed by atoms with Crippen LogP contribution in [0, 0.1) is 0 Å². The maximum atomic E-state index is 12.8. The SMILES string of the molecule is CCOC(=O)/C=c1\s/c(=C\c2cccc(OC)c2OC)c(=O)n1CC(=O)OC. The van der Waals surface area contributed by atoms with Crippen molar-refractivity contribution in [3.05, 3.63) is 43.3 Å². The molecule has 9 heteroatoms. The Morgan fingerprint density at radius 3 is 2.54 bits per heavy atom. The predicted molar refractivity (Wildman–Crippen MR) is 104 cm³/mol. The molecule has 1 aromatic heterocycles. The van der Waals surface area contributed by atoms with E-state index >= 15 is 0 Å². The van der Waals surface area contributed by atoms with E-state index in [9.17, 15) is 14.4 Å². The van der Waals surface area contributed by atoms with Gasteiger partial charge in [-0.3, -0.25) is 14.2 Å². The van der Waals surface area contributed by atoms with Gasteiger partial charge in [0.05, 0.1) is 38.5 Å². The molecule has 0 amide bonds. The molecule has 0 spiro atoms. The number of benzene rings is 1. The van der Waals surface area contributed by atoms with Crippen LogP contribution in [0.15, 0.2) is 23.0 Å². The van der Waals surface area contributed by atoms with Crippen molar-refractivity contribution < 1.29 is 28.5 Å². The van der Waals surface area contributed by atoms with E-state index in [1.807, 2.05) is 0 Å². The molecule has 8 nitrogen and oxygen atoms in total. The van der Waals surface area contributed by atoms with E-state index in [-0.39, 0.29) is 17.8 Å². The summed E-state index contributed by atoms with van der Waals surface area (Å²) in [4.78, 5) is 36.4. The third-order valence-corrected chi connectivity index (χ3v) is 4.76. The van der Waals surface area contributed by atoms with Crippen LogP contribution < -0.4 is 24.2 Å². The van der Waals surface area contributed by atoms with Gasteiger partial charge in [0.2, 0.25) is 0 Å².